The molecule has 9 heteroatoms. The minimum Gasteiger partial charge on any atom is -0.477 e. The second-order valence-electron chi connectivity index (χ2n) is 7.06. The van der Waals surface area contributed by atoms with Crippen molar-refractivity contribution in [1.82, 2.24) is 15.5 Å². The van der Waals surface area contributed by atoms with Crippen molar-refractivity contribution < 1.29 is 28.6 Å². The van der Waals surface area contributed by atoms with Crippen LogP contribution in [0.5, 0.6) is 0 Å². The summed E-state index contributed by atoms with van der Waals surface area (Å²) in [6.07, 6.45) is 0.256. The number of aromatic nitrogens is 2. The van der Waals surface area contributed by atoms with Crippen LogP contribution in [-0.2, 0) is 16.0 Å². The van der Waals surface area contributed by atoms with Crippen LogP contribution in [0.15, 0.2) is 54.6 Å². The van der Waals surface area contributed by atoms with Gasteiger partial charge < -0.3 is 15.2 Å². The van der Waals surface area contributed by atoms with Crippen molar-refractivity contribution in [3.05, 3.63) is 77.4 Å². The number of ether oxygens (including phenoxy) is 1. The van der Waals surface area contributed by atoms with Gasteiger partial charge >= 0.3 is 11.9 Å². The summed E-state index contributed by atoms with van der Waals surface area (Å²) in [5.41, 5.74) is 2.09. The number of hydrogen-bond donors (Lipinski definition) is 3. The minimum absolute atomic E-state index is 0.0680. The third kappa shape index (κ3) is 6.00. The van der Waals surface area contributed by atoms with Gasteiger partial charge in [-0.2, -0.15) is 5.10 Å². The summed E-state index contributed by atoms with van der Waals surface area (Å²) in [5, 5.41) is 17.6. The fraction of sp³-hybridized carbons (Fsp3) is 0.217. The molecule has 1 aromatic heterocycles. The van der Waals surface area contributed by atoms with E-state index in [0.717, 1.165) is 22.8 Å². The van der Waals surface area contributed by atoms with Crippen molar-refractivity contribution in [1.29, 1.82) is 0 Å². The first-order valence-corrected chi connectivity index (χ1v) is 9.95. The number of esters is 1. The Morgan fingerprint density at radius 2 is 1.88 bits per heavy atom. The normalized spacial score (nSPS) is 11.6. The van der Waals surface area contributed by atoms with Crippen molar-refractivity contribution in [2.24, 2.45) is 0 Å². The van der Waals surface area contributed by atoms with Gasteiger partial charge in [-0.15, -0.1) is 0 Å². The molecule has 3 aromatic rings. The van der Waals surface area contributed by atoms with Crippen molar-refractivity contribution in [3.8, 4) is 11.1 Å². The van der Waals surface area contributed by atoms with Crippen LogP contribution in [0.2, 0.25) is 0 Å². The molecule has 32 heavy (non-hydrogen) atoms. The molecule has 3 rings (SSSR count). The van der Waals surface area contributed by atoms with Crippen molar-refractivity contribution in [3.63, 3.8) is 0 Å². The fourth-order valence-corrected chi connectivity index (χ4v) is 3.19. The zero-order chi connectivity index (χ0) is 23.1. The molecule has 8 nitrogen and oxygen atoms in total. The molecule has 1 heterocycles. The average Bonchev–Trinajstić information content (AvgIpc) is 3.25. The molecular weight excluding hydrogens is 417 g/mol. The van der Waals surface area contributed by atoms with E-state index in [4.69, 9.17) is 9.84 Å². The van der Waals surface area contributed by atoms with Gasteiger partial charge in [0.05, 0.1) is 13.0 Å². The summed E-state index contributed by atoms with van der Waals surface area (Å²) >= 11 is 0. The molecule has 2 aromatic carbocycles. The number of carboxylic acids is 1. The van der Waals surface area contributed by atoms with Crippen LogP contribution in [0, 0.1) is 5.82 Å². The molecule has 0 radical (unpaired) electrons. The molecule has 0 bridgehead atoms. The van der Waals surface area contributed by atoms with Gasteiger partial charge in [-0.3, -0.25) is 14.7 Å². The molecular formula is C23H22FN3O5. The van der Waals surface area contributed by atoms with E-state index < -0.39 is 23.9 Å². The highest BCUT2D eigenvalue weighted by Gasteiger charge is 2.21. The maximum atomic E-state index is 13.5. The number of nitrogens with zero attached hydrogens (tertiary/aromatic N) is 1. The molecule has 166 valence electrons. The van der Waals surface area contributed by atoms with Gasteiger partial charge in [-0.1, -0.05) is 36.4 Å². The molecule has 0 unspecified atom stereocenters. The number of aromatic carboxylic acids is 1. The van der Waals surface area contributed by atoms with E-state index in [1.807, 2.05) is 24.3 Å². The summed E-state index contributed by atoms with van der Waals surface area (Å²) in [7, 11) is 0. The molecule has 0 fully saturated rings. The average molecular weight is 439 g/mol. The first-order valence-electron chi connectivity index (χ1n) is 9.95. The molecule has 0 aliphatic carbocycles. The number of carbonyl (C=O) groups is 3. The Morgan fingerprint density at radius 1 is 1.12 bits per heavy atom. The van der Waals surface area contributed by atoms with E-state index in [1.54, 1.807) is 19.1 Å². The van der Waals surface area contributed by atoms with Crippen LogP contribution in [0.3, 0.4) is 0 Å². The van der Waals surface area contributed by atoms with Gasteiger partial charge in [0.15, 0.2) is 5.69 Å². The largest absolute Gasteiger partial charge is 0.477 e. The SMILES string of the molecule is CCOC(=O)C[C@@H](Cc1ccc(-c2cccc(F)c2)cc1)NC(=O)c1cc(C(=O)O)[nH]n1. The third-order valence-corrected chi connectivity index (χ3v) is 4.69. The predicted molar refractivity (Wildman–Crippen MR) is 114 cm³/mol. The quantitative estimate of drug-likeness (QED) is 0.440. The van der Waals surface area contributed by atoms with E-state index in [1.165, 1.54) is 12.1 Å². The Labute approximate surface area is 183 Å². The molecule has 1 atom stereocenters. The van der Waals surface area contributed by atoms with Gasteiger partial charge in [0.25, 0.3) is 5.91 Å². The van der Waals surface area contributed by atoms with Crippen LogP contribution in [0.4, 0.5) is 4.39 Å². The van der Waals surface area contributed by atoms with Gasteiger partial charge in [0.2, 0.25) is 0 Å². The number of carbonyl (C=O) groups excluding carboxylic acids is 2. The first kappa shape index (κ1) is 22.7. The highest BCUT2D eigenvalue weighted by atomic mass is 19.1. The summed E-state index contributed by atoms with van der Waals surface area (Å²) < 4.78 is 18.5. The van der Waals surface area contributed by atoms with Crippen molar-refractivity contribution in [2.75, 3.05) is 6.61 Å². The number of halogens is 1. The Balaban J connectivity index is 1.73. The molecule has 1 amide bonds. The maximum Gasteiger partial charge on any atom is 0.353 e. The second kappa shape index (κ2) is 10.3. The number of nitrogens with one attached hydrogen (secondary N) is 2. The Kier molecular flexibility index (Phi) is 7.33. The molecule has 0 saturated heterocycles. The number of rotatable bonds is 9. The van der Waals surface area contributed by atoms with Crippen LogP contribution in [0.25, 0.3) is 11.1 Å². The highest BCUT2D eigenvalue weighted by molar-refractivity contribution is 5.95. The number of carboxylic acid groups (broad SMARTS) is 1. The van der Waals surface area contributed by atoms with Crippen LogP contribution in [-0.4, -0.2) is 45.8 Å². The molecule has 0 aliphatic rings. The van der Waals surface area contributed by atoms with E-state index in [0.29, 0.717) is 6.42 Å². The zero-order valence-corrected chi connectivity index (χ0v) is 17.3. The highest BCUT2D eigenvalue weighted by Crippen LogP contribution is 2.21. The number of hydrogen-bond acceptors (Lipinski definition) is 5. The maximum absolute atomic E-state index is 13.5. The van der Waals surface area contributed by atoms with E-state index in [9.17, 15) is 18.8 Å². The topological polar surface area (TPSA) is 121 Å². The second-order valence-corrected chi connectivity index (χ2v) is 7.06. The lowest BCUT2D eigenvalue weighted by atomic mass is 9.99. The minimum atomic E-state index is -1.24. The number of benzene rings is 2. The smallest absolute Gasteiger partial charge is 0.353 e. The van der Waals surface area contributed by atoms with Gasteiger partial charge in [0, 0.05) is 12.1 Å². The van der Waals surface area contributed by atoms with Gasteiger partial charge in [-0.25, -0.2) is 9.18 Å². The summed E-state index contributed by atoms with van der Waals surface area (Å²) in [5.74, 6) is -2.65. The Morgan fingerprint density at radius 3 is 2.50 bits per heavy atom. The van der Waals surface area contributed by atoms with Crippen LogP contribution in [0.1, 0.15) is 39.9 Å². The van der Waals surface area contributed by atoms with E-state index in [2.05, 4.69) is 15.5 Å². The molecule has 0 aliphatic heterocycles. The zero-order valence-electron chi connectivity index (χ0n) is 17.3. The first-order chi connectivity index (χ1) is 15.4. The molecule has 0 saturated carbocycles. The Bertz CT molecular complexity index is 1110. The summed E-state index contributed by atoms with van der Waals surface area (Å²) in [6.45, 7) is 1.90. The predicted octanol–water partition coefficient (Wildman–Crippen LogP) is 3.21. The fourth-order valence-electron chi connectivity index (χ4n) is 3.19. The van der Waals surface area contributed by atoms with Gasteiger partial charge in [-0.05, 0) is 42.2 Å². The lowest BCUT2D eigenvalue weighted by Gasteiger charge is -2.18. The van der Waals surface area contributed by atoms with Crippen LogP contribution >= 0.6 is 0 Å². The Hall–Kier alpha value is -4.01. The molecule has 0 spiro atoms. The lowest BCUT2D eigenvalue weighted by molar-refractivity contribution is -0.143. The number of aromatic amines is 1. The van der Waals surface area contributed by atoms with E-state index in [-0.39, 0.29) is 30.2 Å². The van der Waals surface area contributed by atoms with E-state index >= 15 is 0 Å². The summed E-state index contributed by atoms with van der Waals surface area (Å²) in [4.78, 5) is 35.5. The number of H-pyrrole nitrogens is 1. The third-order valence-electron chi connectivity index (χ3n) is 4.69. The number of amides is 1. The van der Waals surface area contributed by atoms with Crippen molar-refractivity contribution >= 4 is 17.8 Å². The monoisotopic (exact) mass is 439 g/mol. The standard InChI is InChI=1S/C23H22FN3O5/c1-2-32-21(28)12-18(25-22(29)19-13-20(23(30)31)27-26-19)10-14-6-8-15(9-7-14)16-4-3-5-17(24)11-16/h3-9,11,13,18H,2,10,12H2,1H3,(H,25,29)(H,26,27)(H,30,31)/t18-/m1/s1. The lowest BCUT2D eigenvalue weighted by Crippen LogP contribution is -2.38. The van der Waals surface area contributed by atoms with Gasteiger partial charge in [0.1, 0.15) is 11.5 Å². The van der Waals surface area contributed by atoms with Crippen molar-refractivity contribution in [2.45, 2.75) is 25.8 Å². The van der Waals surface area contributed by atoms with Crippen LogP contribution < -0.4 is 5.32 Å². The summed E-state index contributed by atoms with van der Waals surface area (Å²) in [6, 6.07) is 14.1. The molecule has 3 N–H and O–H groups in total.